The maximum atomic E-state index is 11.4. The van der Waals surface area contributed by atoms with Gasteiger partial charge in [-0.05, 0) is 70.3 Å². The first-order valence-corrected chi connectivity index (χ1v) is 10.8. The number of aromatic amines is 1. The quantitative estimate of drug-likeness (QED) is 0.284. The van der Waals surface area contributed by atoms with Crippen molar-refractivity contribution in [3.05, 3.63) is 107 Å². The van der Waals surface area contributed by atoms with Crippen LogP contribution in [-0.2, 0) is 12.8 Å². The molecule has 0 aliphatic heterocycles. The summed E-state index contributed by atoms with van der Waals surface area (Å²) in [5.74, 6) is -0.912. The van der Waals surface area contributed by atoms with Crippen LogP contribution < -0.4 is 5.73 Å². The summed E-state index contributed by atoms with van der Waals surface area (Å²) < 4.78 is 0. The van der Waals surface area contributed by atoms with E-state index in [1.807, 2.05) is 6.07 Å². The summed E-state index contributed by atoms with van der Waals surface area (Å²) >= 11 is 0. The highest BCUT2D eigenvalue weighted by Gasteiger charge is 2.14. The average molecular weight is 457 g/mol. The number of hydrogen-bond donors (Lipinski definition) is 3. The monoisotopic (exact) mass is 456 g/mol. The van der Waals surface area contributed by atoms with Gasteiger partial charge in [0.05, 0.1) is 5.56 Å². The Morgan fingerprint density at radius 1 is 0.879 bits per heavy atom. The number of aromatic carboxylic acids is 1. The van der Waals surface area contributed by atoms with Crippen LogP contribution in [0, 0.1) is 0 Å². The van der Waals surface area contributed by atoms with E-state index in [2.05, 4.69) is 65.6 Å². The normalized spacial score (nSPS) is 10.9. The number of carbonyl (C=O) groups is 1. The topological polar surface area (TPSA) is 79.1 Å². The van der Waals surface area contributed by atoms with Gasteiger partial charge in [-0.3, -0.25) is 0 Å². The SMILES string of the molecule is Cl.NCCc1c(Cc2cccc(C(=O)O)c2)[nH]c2ccc(-c3cccc4ccccc34)cc12. The molecule has 4 N–H and O–H groups in total. The van der Waals surface area contributed by atoms with Crippen molar-refractivity contribution in [3.8, 4) is 11.1 Å². The molecule has 1 heterocycles. The molecule has 0 aliphatic rings. The van der Waals surface area contributed by atoms with Crippen molar-refractivity contribution >= 4 is 40.1 Å². The second-order valence-corrected chi connectivity index (χ2v) is 8.09. The number of hydrogen-bond acceptors (Lipinski definition) is 2. The second-order valence-electron chi connectivity index (χ2n) is 8.09. The fourth-order valence-corrected chi connectivity index (χ4v) is 4.55. The number of aromatic nitrogens is 1. The Labute approximate surface area is 198 Å². The molecule has 0 bridgehead atoms. The predicted molar refractivity (Wildman–Crippen MR) is 137 cm³/mol. The van der Waals surface area contributed by atoms with Gasteiger partial charge in [0.25, 0.3) is 0 Å². The van der Waals surface area contributed by atoms with Crippen LogP contribution >= 0.6 is 12.4 Å². The molecule has 1 aromatic heterocycles. The van der Waals surface area contributed by atoms with Gasteiger partial charge in [0.2, 0.25) is 0 Å². The van der Waals surface area contributed by atoms with Gasteiger partial charge in [-0.25, -0.2) is 4.79 Å². The third-order valence-electron chi connectivity index (χ3n) is 6.04. The number of carboxylic acids is 1. The summed E-state index contributed by atoms with van der Waals surface area (Å²) in [6.45, 7) is 0.549. The number of nitrogens with two attached hydrogens (primary N) is 1. The zero-order chi connectivity index (χ0) is 22.1. The van der Waals surface area contributed by atoms with Crippen LogP contribution in [0.25, 0.3) is 32.8 Å². The molecule has 5 rings (SSSR count). The first-order valence-electron chi connectivity index (χ1n) is 10.8. The lowest BCUT2D eigenvalue weighted by molar-refractivity contribution is 0.0696. The predicted octanol–water partition coefficient (Wildman–Crippen LogP) is 6.20. The van der Waals surface area contributed by atoms with E-state index in [0.29, 0.717) is 18.5 Å². The Morgan fingerprint density at radius 3 is 2.48 bits per heavy atom. The molecule has 4 nitrogen and oxygen atoms in total. The molecule has 5 aromatic rings. The Morgan fingerprint density at radius 2 is 1.67 bits per heavy atom. The van der Waals surface area contributed by atoms with Gasteiger partial charge in [0, 0.05) is 23.0 Å². The molecule has 33 heavy (non-hydrogen) atoms. The van der Waals surface area contributed by atoms with Crippen molar-refractivity contribution in [1.29, 1.82) is 0 Å². The molecule has 0 radical (unpaired) electrons. The molecule has 0 saturated carbocycles. The Hall–Kier alpha value is -3.60. The minimum absolute atomic E-state index is 0. The lowest BCUT2D eigenvalue weighted by Gasteiger charge is -2.08. The lowest BCUT2D eigenvalue weighted by Crippen LogP contribution is -2.05. The second kappa shape index (κ2) is 9.49. The Bertz CT molecular complexity index is 1450. The van der Waals surface area contributed by atoms with Crippen LogP contribution in [0.15, 0.2) is 84.9 Å². The van der Waals surface area contributed by atoms with Crippen molar-refractivity contribution in [2.24, 2.45) is 5.73 Å². The van der Waals surface area contributed by atoms with Gasteiger partial charge in [0.15, 0.2) is 0 Å². The summed E-state index contributed by atoms with van der Waals surface area (Å²) in [4.78, 5) is 14.9. The maximum absolute atomic E-state index is 11.4. The summed E-state index contributed by atoms with van der Waals surface area (Å²) in [6.07, 6.45) is 1.39. The molecule has 0 unspecified atom stereocenters. The molecule has 0 saturated heterocycles. The van der Waals surface area contributed by atoms with Crippen molar-refractivity contribution in [2.75, 3.05) is 6.54 Å². The Balaban J connectivity index is 0.00000259. The van der Waals surface area contributed by atoms with E-state index in [1.54, 1.807) is 18.2 Å². The van der Waals surface area contributed by atoms with Crippen molar-refractivity contribution in [2.45, 2.75) is 12.8 Å². The van der Waals surface area contributed by atoms with Gasteiger partial charge in [-0.2, -0.15) is 0 Å². The van der Waals surface area contributed by atoms with Crippen LogP contribution in [0.5, 0.6) is 0 Å². The number of rotatable bonds is 6. The number of fused-ring (bicyclic) bond motifs is 2. The number of nitrogens with one attached hydrogen (secondary N) is 1. The zero-order valence-corrected chi connectivity index (χ0v) is 18.9. The van der Waals surface area contributed by atoms with Crippen LogP contribution in [0.3, 0.4) is 0 Å². The van der Waals surface area contributed by atoms with Crippen molar-refractivity contribution in [1.82, 2.24) is 4.98 Å². The largest absolute Gasteiger partial charge is 0.478 e. The highest BCUT2D eigenvalue weighted by Crippen LogP contribution is 2.33. The number of carboxylic acid groups (broad SMARTS) is 1. The van der Waals surface area contributed by atoms with Crippen LogP contribution in [0.4, 0.5) is 0 Å². The first-order chi connectivity index (χ1) is 15.6. The minimum Gasteiger partial charge on any atom is -0.478 e. The van der Waals surface area contributed by atoms with E-state index in [0.717, 1.165) is 23.2 Å². The third kappa shape index (κ3) is 4.36. The molecule has 4 aromatic carbocycles. The highest BCUT2D eigenvalue weighted by molar-refractivity contribution is 5.99. The fourth-order valence-electron chi connectivity index (χ4n) is 4.55. The summed E-state index contributed by atoms with van der Waals surface area (Å²) in [5, 5.41) is 12.9. The standard InChI is InChI=1S/C28H24N2O2.ClH/c29-14-13-24-25-17-20(23-10-4-7-19-6-1-2-9-22(19)23)11-12-26(25)30-27(24)16-18-5-3-8-21(15-18)28(31)32;/h1-12,15,17,30H,13-14,16,29H2,(H,31,32);1H. The zero-order valence-electron chi connectivity index (χ0n) is 18.0. The molecule has 166 valence electrons. The van der Waals surface area contributed by atoms with Crippen molar-refractivity contribution < 1.29 is 9.90 Å². The molecule has 0 aliphatic carbocycles. The number of benzene rings is 4. The van der Waals surface area contributed by atoms with E-state index in [4.69, 9.17) is 5.73 Å². The molecule has 0 atom stereocenters. The first kappa shape index (κ1) is 22.6. The average Bonchev–Trinajstić information content (AvgIpc) is 3.15. The van der Waals surface area contributed by atoms with E-state index >= 15 is 0 Å². The van der Waals surface area contributed by atoms with Crippen LogP contribution in [0.1, 0.15) is 27.2 Å². The van der Waals surface area contributed by atoms with Crippen molar-refractivity contribution in [3.63, 3.8) is 0 Å². The van der Waals surface area contributed by atoms with Gasteiger partial charge in [-0.1, -0.05) is 60.7 Å². The van der Waals surface area contributed by atoms with Crippen LogP contribution in [-0.4, -0.2) is 22.6 Å². The van der Waals surface area contributed by atoms with Gasteiger partial charge >= 0.3 is 5.97 Å². The maximum Gasteiger partial charge on any atom is 0.335 e. The molecule has 0 spiro atoms. The lowest BCUT2D eigenvalue weighted by atomic mass is 9.95. The van der Waals surface area contributed by atoms with E-state index in [-0.39, 0.29) is 12.4 Å². The third-order valence-corrected chi connectivity index (χ3v) is 6.04. The molecular formula is C28H25ClN2O2. The molecule has 0 fully saturated rings. The van der Waals surface area contributed by atoms with Gasteiger partial charge in [0.1, 0.15) is 0 Å². The van der Waals surface area contributed by atoms with Gasteiger partial charge in [-0.15, -0.1) is 12.4 Å². The summed E-state index contributed by atoms with van der Waals surface area (Å²) in [7, 11) is 0. The van der Waals surface area contributed by atoms with E-state index in [1.165, 1.54) is 32.8 Å². The summed E-state index contributed by atoms with van der Waals surface area (Å²) in [6, 6.07) is 28.5. The smallest absolute Gasteiger partial charge is 0.335 e. The van der Waals surface area contributed by atoms with Gasteiger partial charge < -0.3 is 15.8 Å². The number of halogens is 1. The Kier molecular flexibility index (Phi) is 6.50. The van der Waals surface area contributed by atoms with Crippen LogP contribution in [0.2, 0.25) is 0 Å². The minimum atomic E-state index is -0.912. The van der Waals surface area contributed by atoms with E-state index in [9.17, 15) is 9.90 Å². The molecule has 0 amide bonds. The number of H-pyrrole nitrogens is 1. The summed E-state index contributed by atoms with van der Waals surface area (Å²) in [5.41, 5.74) is 13.0. The highest BCUT2D eigenvalue weighted by atomic mass is 35.5. The fraction of sp³-hybridized carbons (Fsp3) is 0.107. The van der Waals surface area contributed by atoms with E-state index < -0.39 is 5.97 Å². The molecule has 5 heteroatoms. The molecular weight excluding hydrogens is 432 g/mol.